The molecule has 0 heterocycles. The van der Waals surface area contributed by atoms with Gasteiger partial charge in [-0.1, -0.05) is 41.5 Å². The maximum absolute atomic E-state index is 11.6. The standard InChI is InChI=1S/C6H12BBrF3.K/c8-6-4-2-1-3-5-7(9,10)11;/h1-6H2;/q-1;+1. The van der Waals surface area contributed by atoms with E-state index in [9.17, 15) is 12.9 Å². The smallest absolute Gasteiger partial charge is 0.449 e. The van der Waals surface area contributed by atoms with E-state index in [2.05, 4.69) is 15.9 Å². The number of hydrogen-bond donors (Lipinski definition) is 0. The Morgan fingerprint density at radius 2 is 1.42 bits per heavy atom. The summed E-state index contributed by atoms with van der Waals surface area (Å²) in [5.41, 5.74) is 0. The zero-order valence-corrected chi connectivity index (χ0v) is 12.0. The van der Waals surface area contributed by atoms with E-state index in [1.165, 1.54) is 0 Å². The Morgan fingerprint density at radius 3 is 1.83 bits per heavy atom. The fraction of sp³-hybridized carbons (Fsp3) is 1.00. The minimum atomic E-state index is -4.53. The molecular formula is C6H12BBrF3K. The molecule has 0 aromatic heterocycles. The molecule has 0 atom stereocenters. The van der Waals surface area contributed by atoms with Gasteiger partial charge in [0.2, 0.25) is 0 Å². The van der Waals surface area contributed by atoms with Crippen molar-refractivity contribution in [1.29, 1.82) is 0 Å². The van der Waals surface area contributed by atoms with Crippen LogP contribution in [0.2, 0.25) is 6.32 Å². The van der Waals surface area contributed by atoms with Crippen LogP contribution in [0.25, 0.3) is 0 Å². The number of alkyl halides is 1. The molecule has 12 heavy (non-hydrogen) atoms. The minimum Gasteiger partial charge on any atom is -0.449 e. The van der Waals surface area contributed by atoms with E-state index in [1.807, 2.05) is 0 Å². The van der Waals surface area contributed by atoms with Crippen molar-refractivity contribution in [2.75, 3.05) is 5.33 Å². The van der Waals surface area contributed by atoms with Crippen molar-refractivity contribution < 1.29 is 64.3 Å². The molecule has 0 rings (SSSR count). The maximum atomic E-state index is 11.6. The predicted octanol–water partition coefficient (Wildman–Crippen LogP) is 0.793. The molecule has 0 saturated carbocycles. The Balaban J connectivity index is 0. The number of hydrogen-bond acceptors (Lipinski definition) is 0. The topological polar surface area (TPSA) is 0 Å². The molecule has 0 amide bonds. The van der Waals surface area contributed by atoms with Gasteiger partial charge in [0, 0.05) is 5.33 Å². The van der Waals surface area contributed by atoms with Crippen LogP contribution in [0.1, 0.15) is 25.7 Å². The first-order valence-corrected chi connectivity index (χ1v) is 4.95. The van der Waals surface area contributed by atoms with Gasteiger partial charge in [-0.2, -0.15) is 0 Å². The predicted molar refractivity (Wildman–Crippen MR) is 46.1 cm³/mol. The minimum absolute atomic E-state index is 0. The molecule has 0 unspecified atom stereocenters. The first-order chi connectivity index (χ1) is 5.06. The van der Waals surface area contributed by atoms with Gasteiger partial charge in [0.05, 0.1) is 0 Å². The summed E-state index contributed by atoms with van der Waals surface area (Å²) >= 11 is 3.22. The summed E-state index contributed by atoms with van der Waals surface area (Å²) in [6.45, 7) is -4.53. The third-order valence-corrected chi connectivity index (χ3v) is 1.98. The van der Waals surface area contributed by atoms with Crippen LogP contribution in [0.3, 0.4) is 0 Å². The van der Waals surface area contributed by atoms with Crippen molar-refractivity contribution in [3.8, 4) is 0 Å². The zero-order valence-electron chi connectivity index (χ0n) is 7.33. The normalized spacial score (nSPS) is 11.0. The molecule has 0 N–H and O–H groups in total. The summed E-state index contributed by atoms with van der Waals surface area (Å²) in [7, 11) is 0. The molecule has 0 radical (unpaired) electrons. The van der Waals surface area contributed by atoms with Crippen molar-refractivity contribution in [3.63, 3.8) is 0 Å². The van der Waals surface area contributed by atoms with E-state index in [4.69, 9.17) is 0 Å². The van der Waals surface area contributed by atoms with Crippen LogP contribution in [0.4, 0.5) is 12.9 Å². The Morgan fingerprint density at radius 1 is 0.917 bits per heavy atom. The second-order valence-electron chi connectivity index (χ2n) is 2.60. The number of unbranched alkanes of at least 4 members (excludes halogenated alkanes) is 3. The molecule has 0 saturated heterocycles. The second-order valence-corrected chi connectivity index (χ2v) is 3.40. The van der Waals surface area contributed by atoms with Crippen molar-refractivity contribution in [3.05, 3.63) is 0 Å². The average molecular weight is 271 g/mol. The van der Waals surface area contributed by atoms with Crippen LogP contribution in [0.15, 0.2) is 0 Å². The summed E-state index contributed by atoms with van der Waals surface area (Å²) in [6.07, 6.45) is 2.31. The van der Waals surface area contributed by atoms with E-state index < -0.39 is 13.3 Å². The van der Waals surface area contributed by atoms with Gasteiger partial charge < -0.3 is 12.9 Å². The fourth-order valence-corrected chi connectivity index (χ4v) is 1.22. The van der Waals surface area contributed by atoms with Gasteiger partial charge in [0.25, 0.3) is 0 Å². The van der Waals surface area contributed by atoms with E-state index in [0.29, 0.717) is 12.8 Å². The molecule has 0 fully saturated rings. The van der Waals surface area contributed by atoms with Gasteiger partial charge in [-0.3, -0.25) is 0 Å². The Labute approximate surface area is 123 Å². The quantitative estimate of drug-likeness (QED) is 0.381. The fourth-order valence-electron chi connectivity index (χ4n) is 0.824. The molecule has 0 aromatic carbocycles. The van der Waals surface area contributed by atoms with Gasteiger partial charge in [-0.25, -0.2) is 0 Å². The molecule has 0 aliphatic heterocycles. The third-order valence-electron chi connectivity index (χ3n) is 1.42. The monoisotopic (exact) mass is 270 g/mol. The molecule has 68 valence electrons. The summed E-state index contributed by atoms with van der Waals surface area (Å²) in [4.78, 5) is 0. The van der Waals surface area contributed by atoms with Crippen LogP contribution in [-0.2, 0) is 0 Å². The maximum Gasteiger partial charge on any atom is 1.00 e. The van der Waals surface area contributed by atoms with Crippen molar-refractivity contribution in [1.82, 2.24) is 0 Å². The molecule has 0 spiro atoms. The molecular weight excluding hydrogens is 259 g/mol. The largest absolute Gasteiger partial charge is 1.00 e. The molecule has 0 bridgehead atoms. The Bertz CT molecular complexity index is 99.3. The summed E-state index contributed by atoms with van der Waals surface area (Å²) < 4.78 is 34.9. The summed E-state index contributed by atoms with van der Waals surface area (Å²) in [5, 5.41) is 0.893. The van der Waals surface area contributed by atoms with Crippen LogP contribution in [-0.4, -0.2) is 12.3 Å². The van der Waals surface area contributed by atoms with E-state index >= 15 is 0 Å². The third kappa shape index (κ3) is 14.5. The SMILES string of the molecule is F[B-](F)(F)CCCCCCBr.[K+]. The Hall–Kier alpha value is 1.97. The molecule has 6 heteroatoms. The molecule has 0 aliphatic carbocycles. The first kappa shape index (κ1) is 16.4. The molecule has 0 aromatic rings. The zero-order chi connectivity index (χ0) is 8.74. The number of halogens is 4. The van der Waals surface area contributed by atoms with Gasteiger partial charge in [-0.15, -0.1) is 0 Å². The van der Waals surface area contributed by atoms with E-state index in [1.54, 1.807) is 0 Å². The van der Waals surface area contributed by atoms with E-state index in [0.717, 1.165) is 18.2 Å². The van der Waals surface area contributed by atoms with Gasteiger partial charge in [-0.05, 0) is 6.42 Å². The van der Waals surface area contributed by atoms with Gasteiger partial charge in [0.15, 0.2) is 0 Å². The van der Waals surface area contributed by atoms with Crippen LogP contribution >= 0.6 is 15.9 Å². The summed E-state index contributed by atoms with van der Waals surface area (Å²) in [5.74, 6) is 0. The van der Waals surface area contributed by atoms with Crippen LogP contribution in [0.5, 0.6) is 0 Å². The van der Waals surface area contributed by atoms with Crippen LogP contribution in [0, 0.1) is 0 Å². The van der Waals surface area contributed by atoms with Gasteiger partial charge in [0.1, 0.15) is 0 Å². The first-order valence-electron chi connectivity index (χ1n) is 3.83. The Kier molecular flexibility index (Phi) is 13.0. The van der Waals surface area contributed by atoms with Crippen molar-refractivity contribution in [2.45, 2.75) is 32.0 Å². The average Bonchev–Trinajstić information content (AvgIpc) is 1.85. The van der Waals surface area contributed by atoms with Crippen molar-refractivity contribution >= 4 is 22.9 Å². The number of rotatable bonds is 6. The molecule has 0 aliphatic rings. The van der Waals surface area contributed by atoms with Gasteiger partial charge >= 0.3 is 58.4 Å². The second kappa shape index (κ2) is 9.52. The van der Waals surface area contributed by atoms with Crippen molar-refractivity contribution in [2.24, 2.45) is 0 Å². The van der Waals surface area contributed by atoms with Crippen LogP contribution < -0.4 is 51.4 Å². The molecule has 0 nitrogen and oxygen atoms in total. The summed E-state index contributed by atoms with van der Waals surface area (Å²) in [6, 6.07) is 0. The van der Waals surface area contributed by atoms with E-state index in [-0.39, 0.29) is 51.4 Å².